The monoisotopic (exact) mass is 164 g/mol. The topological polar surface area (TPSA) is 101 Å². The minimum Gasteiger partial charge on any atom is -0.257 e. The molecule has 0 atom stereocenters. The largest absolute Gasteiger partial charge is 0.257 e. The van der Waals surface area contributed by atoms with Crippen LogP contribution < -0.4 is 11.2 Å². The fourth-order valence-electron chi connectivity index (χ4n) is 0.347. The molecule has 0 aliphatic carbocycles. The highest BCUT2D eigenvalue weighted by atomic mass is 16.7. The van der Waals surface area contributed by atoms with Gasteiger partial charge in [-0.25, -0.2) is 0 Å². The summed E-state index contributed by atoms with van der Waals surface area (Å²) in [6, 6.07) is 0. The molecule has 0 unspecified atom stereocenters. The van der Waals surface area contributed by atoms with Gasteiger partial charge in [-0.15, -0.1) is 21.0 Å². The van der Waals surface area contributed by atoms with Crippen molar-refractivity contribution in [3.63, 3.8) is 0 Å². The summed E-state index contributed by atoms with van der Waals surface area (Å²) in [5.74, 6) is 0. The van der Waals surface area contributed by atoms with Crippen molar-refractivity contribution in [1.82, 2.24) is 11.2 Å². The number of nitrogens with one attached hydrogen (secondary N) is 2. The smallest absolute Gasteiger partial charge is 0.0788 e. The normalized spacial score (nSPS) is 8.73. The molecular formula is C3H8N4O4. The van der Waals surface area contributed by atoms with E-state index in [1.165, 1.54) is 0 Å². The highest BCUT2D eigenvalue weighted by molar-refractivity contribution is 4.29. The molecule has 0 saturated carbocycles. The van der Waals surface area contributed by atoms with Crippen LogP contribution in [0, 0.1) is 9.81 Å². The third-order valence-electron chi connectivity index (χ3n) is 0.696. The summed E-state index contributed by atoms with van der Waals surface area (Å²) >= 11 is 0. The lowest BCUT2D eigenvalue weighted by molar-refractivity contribution is -0.00116. The molecule has 0 aromatic heterocycles. The van der Waals surface area contributed by atoms with E-state index in [1.807, 2.05) is 0 Å². The van der Waals surface area contributed by atoms with Crippen molar-refractivity contribution in [2.45, 2.75) is 6.42 Å². The average molecular weight is 164 g/mol. The molecule has 2 N–H and O–H groups in total. The maximum Gasteiger partial charge on any atom is 0.0788 e. The van der Waals surface area contributed by atoms with Crippen LogP contribution in [0.25, 0.3) is 0 Å². The van der Waals surface area contributed by atoms with E-state index in [2.05, 4.69) is 20.2 Å². The van der Waals surface area contributed by atoms with Crippen LogP contribution in [0.4, 0.5) is 0 Å². The average Bonchev–Trinajstić information content (AvgIpc) is 2.03. The van der Waals surface area contributed by atoms with E-state index in [0.717, 1.165) is 0 Å². The van der Waals surface area contributed by atoms with E-state index in [-0.39, 0.29) is 13.2 Å². The molecule has 0 amide bonds. The highest BCUT2D eigenvalue weighted by Crippen LogP contribution is 1.80. The number of nitroso groups, excluding NO2 is 2. The summed E-state index contributed by atoms with van der Waals surface area (Å²) in [6.07, 6.45) is 0.505. The molecule has 0 radical (unpaired) electrons. The zero-order valence-corrected chi connectivity index (χ0v) is 5.65. The number of nitrogens with zero attached hydrogens (tertiary/aromatic N) is 2. The van der Waals surface area contributed by atoms with Gasteiger partial charge in [-0.1, -0.05) is 0 Å². The number of rotatable bonds is 8. The molecule has 8 heteroatoms. The molecule has 0 aliphatic rings. The lowest BCUT2D eigenvalue weighted by Crippen LogP contribution is -2.12. The van der Waals surface area contributed by atoms with Crippen LogP contribution in [0.2, 0.25) is 0 Å². The number of hydrogen-bond donors (Lipinski definition) is 2. The molecule has 0 spiro atoms. The van der Waals surface area contributed by atoms with Crippen molar-refractivity contribution < 1.29 is 9.68 Å². The van der Waals surface area contributed by atoms with Crippen LogP contribution in [0.5, 0.6) is 0 Å². The number of hydrogen-bond acceptors (Lipinski definition) is 6. The van der Waals surface area contributed by atoms with Crippen molar-refractivity contribution in [2.24, 2.45) is 10.6 Å². The second kappa shape index (κ2) is 8.72. The molecule has 8 nitrogen and oxygen atoms in total. The van der Waals surface area contributed by atoms with Gasteiger partial charge >= 0.3 is 0 Å². The lowest BCUT2D eigenvalue weighted by atomic mass is 10.5. The second-order valence-electron chi connectivity index (χ2n) is 1.42. The molecule has 11 heavy (non-hydrogen) atoms. The maximum atomic E-state index is 9.35. The maximum absolute atomic E-state index is 9.35. The van der Waals surface area contributed by atoms with Gasteiger partial charge in [0.25, 0.3) is 0 Å². The van der Waals surface area contributed by atoms with E-state index >= 15 is 0 Å². The molecule has 0 rings (SSSR count). The fourth-order valence-corrected chi connectivity index (χ4v) is 0.347. The Morgan fingerprint density at radius 3 is 1.82 bits per heavy atom. The van der Waals surface area contributed by atoms with E-state index in [0.29, 0.717) is 6.42 Å². The summed E-state index contributed by atoms with van der Waals surface area (Å²) in [6.45, 7) is 0.512. The lowest BCUT2D eigenvalue weighted by Gasteiger charge is -1.98. The minimum absolute atomic E-state index is 0.256. The van der Waals surface area contributed by atoms with E-state index in [9.17, 15) is 9.81 Å². The van der Waals surface area contributed by atoms with Gasteiger partial charge < -0.3 is 0 Å². The molecule has 0 aromatic carbocycles. The van der Waals surface area contributed by atoms with E-state index in [4.69, 9.17) is 0 Å². The van der Waals surface area contributed by atoms with Gasteiger partial charge in [0.15, 0.2) is 0 Å². The van der Waals surface area contributed by atoms with Crippen LogP contribution in [0.1, 0.15) is 6.42 Å². The summed E-state index contributed by atoms with van der Waals surface area (Å²) in [7, 11) is 0. The Balaban J connectivity index is 2.79. The van der Waals surface area contributed by atoms with Crippen LogP contribution >= 0.6 is 0 Å². The Morgan fingerprint density at radius 2 is 1.45 bits per heavy atom. The Labute approximate surface area is 62.0 Å². The van der Waals surface area contributed by atoms with Crippen LogP contribution in [-0.2, 0) is 9.68 Å². The third-order valence-corrected chi connectivity index (χ3v) is 0.696. The first-order valence-corrected chi connectivity index (χ1v) is 2.80. The predicted octanol–water partition coefficient (Wildman–Crippen LogP) is -0.218. The Bertz CT molecular complexity index is 97.5. The summed E-state index contributed by atoms with van der Waals surface area (Å²) in [5.41, 5.74) is 3.49. The van der Waals surface area contributed by atoms with Crippen molar-refractivity contribution in [3.8, 4) is 0 Å². The first-order chi connectivity index (χ1) is 5.41. The van der Waals surface area contributed by atoms with Crippen molar-refractivity contribution in [3.05, 3.63) is 9.81 Å². The van der Waals surface area contributed by atoms with Crippen molar-refractivity contribution in [2.75, 3.05) is 13.2 Å². The SMILES string of the molecule is O=NNOCCCONN=O. The molecular weight excluding hydrogens is 156 g/mol. The standard InChI is InChI=1S/C3H8N4O4/c8-4-6-10-2-1-3-11-7-5-9/h1-3H2,(H,6,8)(H,7,9). The summed E-state index contributed by atoms with van der Waals surface area (Å²) in [4.78, 5) is 27.5. The van der Waals surface area contributed by atoms with Crippen LogP contribution in [0.3, 0.4) is 0 Å². The van der Waals surface area contributed by atoms with Gasteiger partial charge in [0.2, 0.25) is 0 Å². The van der Waals surface area contributed by atoms with Crippen LogP contribution in [0.15, 0.2) is 10.6 Å². The van der Waals surface area contributed by atoms with E-state index < -0.39 is 0 Å². The first kappa shape index (κ1) is 9.72. The van der Waals surface area contributed by atoms with Crippen molar-refractivity contribution >= 4 is 0 Å². The Hall–Kier alpha value is -1.28. The molecule has 0 heterocycles. The molecule has 0 aliphatic heterocycles. The van der Waals surface area contributed by atoms with Crippen molar-refractivity contribution in [1.29, 1.82) is 0 Å². The molecule has 0 bridgehead atoms. The van der Waals surface area contributed by atoms with E-state index in [1.54, 1.807) is 11.2 Å². The fraction of sp³-hybridized carbons (Fsp3) is 1.00. The third kappa shape index (κ3) is 8.72. The van der Waals surface area contributed by atoms with Crippen LogP contribution in [-0.4, -0.2) is 13.2 Å². The van der Waals surface area contributed by atoms with Gasteiger partial charge in [-0.2, -0.15) is 0 Å². The second-order valence-corrected chi connectivity index (χ2v) is 1.42. The van der Waals surface area contributed by atoms with Gasteiger partial charge in [-0.05, 0) is 6.42 Å². The first-order valence-electron chi connectivity index (χ1n) is 2.80. The van der Waals surface area contributed by atoms with Gasteiger partial charge in [-0.3, -0.25) is 9.68 Å². The predicted molar refractivity (Wildman–Crippen MR) is 34.4 cm³/mol. The zero-order chi connectivity index (χ0) is 8.36. The summed E-state index contributed by atoms with van der Waals surface area (Å²) < 4.78 is 0. The Kier molecular flexibility index (Phi) is 7.71. The van der Waals surface area contributed by atoms with Gasteiger partial charge in [0.1, 0.15) is 0 Å². The summed E-state index contributed by atoms with van der Waals surface area (Å²) in [5, 5.41) is 4.44. The quantitative estimate of drug-likeness (QED) is 0.292. The molecule has 0 aromatic rings. The molecule has 0 fully saturated rings. The Morgan fingerprint density at radius 1 is 1.00 bits per heavy atom. The molecule has 64 valence electrons. The highest BCUT2D eigenvalue weighted by Gasteiger charge is 1.87. The molecule has 0 saturated heterocycles. The van der Waals surface area contributed by atoms with Gasteiger partial charge in [0.05, 0.1) is 23.8 Å². The minimum atomic E-state index is 0.256. The zero-order valence-electron chi connectivity index (χ0n) is 5.65. The van der Waals surface area contributed by atoms with Gasteiger partial charge in [0, 0.05) is 0 Å².